The van der Waals surface area contributed by atoms with Crippen LogP contribution in [-0.4, -0.2) is 11.9 Å². The van der Waals surface area contributed by atoms with Crippen molar-refractivity contribution in [3.63, 3.8) is 0 Å². The van der Waals surface area contributed by atoms with Crippen LogP contribution in [0.1, 0.15) is 36.8 Å². The van der Waals surface area contributed by atoms with Gasteiger partial charge in [-0.15, -0.1) is 0 Å². The average molecular weight is 203 g/mol. The topological polar surface area (TPSA) is 29.1 Å². The number of benzene rings is 1. The van der Waals surface area contributed by atoms with Crippen LogP contribution in [0.4, 0.5) is 0 Å². The maximum Gasteiger partial charge on any atom is 0.220 e. The lowest BCUT2D eigenvalue weighted by Gasteiger charge is -2.30. The van der Waals surface area contributed by atoms with Gasteiger partial charge in [-0.1, -0.05) is 24.3 Å². The third kappa shape index (κ3) is 2.04. The SMILES string of the molecule is Cc1ccccc1C1CCC(=O)NC1C. The number of carbonyl (C=O) groups is 1. The van der Waals surface area contributed by atoms with Gasteiger partial charge in [0.05, 0.1) is 0 Å². The van der Waals surface area contributed by atoms with E-state index in [0.717, 1.165) is 6.42 Å². The van der Waals surface area contributed by atoms with Crippen molar-refractivity contribution in [3.8, 4) is 0 Å². The second kappa shape index (κ2) is 4.05. The molecule has 2 unspecified atom stereocenters. The first-order valence-corrected chi connectivity index (χ1v) is 5.53. The number of rotatable bonds is 1. The zero-order chi connectivity index (χ0) is 10.8. The van der Waals surface area contributed by atoms with Crippen LogP contribution in [0.15, 0.2) is 24.3 Å². The lowest BCUT2D eigenvalue weighted by molar-refractivity contribution is -0.123. The third-order valence-electron chi connectivity index (χ3n) is 3.26. The Morgan fingerprint density at radius 1 is 1.33 bits per heavy atom. The second-order valence-electron chi connectivity index (χ2n) is 4.36. The Morgan fingerprint density at radius 3 is 2.73 bits per heavy atom. The lowest BCUT2D eigenvalue weighted by Crippen LogP contribution is -2.41. The molecule has 1 fully saturated rings. The quantitative estimate of drug-likeness (QED) is 0.746. The number of hydrogen-bond donors (Lipinski definition) is 1. The molecule has 80 valence electrons. The third-order valence-corrected chi connectivity index (χ3v) is 3.26. The van der Waals surface area contributed by atoms with Gasteiger partial charge in [0.15, 0.2) is 0 Å². The van der Waals surface area contributed by atoms with E-state index in [1.807, 2.05) is 0 Å². The molecule has 1 saturated heterocycles. The fourth-order valence-electron chi connectivity index (χ4n) is 2.39. The van der Waals surface area contributed by atoms with Gasteiger partial charge in [0.25, 0.3) is 0 Å². The van der Waals surface area contributed by atoms with E-state index in [9.17, 15) is 4.79 Å². The average Bonchev–Trinajstić information content (AvgIpc) is 2.20. The summed E-state index contributed by atoms with van der Waals surface area (Å²) in [7, 11) is 0. The van der Waals surface area contributed by atoms with Crippen LogP contribution in [0.2, 0.25) is 0 Å². The molecule has 0 aromatic heterocycles. The van der Waals surface area contributed by atoms with Crippen LogP contribution in [0.3, 0.4) is 0 Å². The molecule has 2 heteroatoms. The van der Waals surface area contributed by atoms with E-state index in [1.165, 1.54) is 11.1 Å². The maximum atomic E-state index is 11.2. The Kier molecular flexibility index (Phi) is 2.76. The van der Waals surface area contributed by atoms with Crippen LogP contribution < -0.4 is 5.32 Å². The molecule has 0 bridgehead atoms. The number of aryl methyl sites for hydroxylation is 1. The summed E-state index contributed by atoms with van der Waals surface area (Å²) in [6.07, 6.45) is 1.63. The predicted octanol–water partition coefficient (Wildman–Crippen LogP) is 2.38. The first-order valence-electron chi connectivity index (χ1n) is 5.53. The summed E-state index contributed by atoms with van der Waals surface area (Å²) in [6.45, 7) is 4.23. The van der Waals surface area contributed by atoms with Crippen LogP contribution in [0.25, 0.3) is 0 Å². The van der Waals surface area contributed by atoms with E-state index in [4.69, 9.17) is 0 Å². The summed E-state index contributed by atoms with van der Waals surface area (Å²) in [4.78, 5) is 11.2. The minimum Gasteiger partial charge on any atom is -0.353 e. The summed E-state index contributed by atoms with van der Waals surface area (Å²) in [5.41, 5.74) is 2.70. The van der Waals surface area contributed by atoms with E-state index in [2.05, 4.69) is 43.4 Å². The normalized spacial score (nSPS) is 26.1. The van der Waals surface area contributed by atoms with Gasteiger partial charge in [0.1, 0.15) is 0 Å². The standard InChI is InChI=1S/C13H17NO/c1-9-5-3-4-6-11(9)12-7-8-13(15)14-10(12)2/h3-6,10,12H,7-8H2,1-2H3,(H,14,15). The Hall–Kier alpha value is -1.31. The van der Waals surface area contributed by atoms with Crippen molar-refractivity contribution in [2.75, 3.05) is 0 Å². The minimum absolute atomic E-state index is 0.187. The smallest absolute Gasteiger partial charge is 0.220 e. The van der Waals surface area contributed by atoms with E-state index in [-0.39, 0.29) is 11.9 Å². The van der Waals surface area contributed by atoms with Crippen molar-refractivity contribution in [3.05, 3.63) is 35.4 Å². The van der Waals surface area contributed by atoms with E-state index in [1.54, 1.807) is 0 Å². The molecule has 0 saturated carbocycles. The van der Waals surface area contributed by atoms with Crippen molar-refractivity contribution in [2.45, 2.75) is 38.6 Å². The zero-order valence-electron chi connectivity index (χ0n) is 9.29. The molecule has 1 aromatic carbocycles. The van der Waals surface area contributed by atoms with E-state index < -0.39 is 0 Å². The molecular weight excluding hydrogens is 186 g/mol. The van der Waals surface area contributed by atoms with Gasteiger partial charge in [0.2, 0.25) is 5.91 Å². The van der Waals surface area contributed by atoms with Gasteiger partial charge in [0, 0.05) is 18.4 Å². The van der Waals surface area contributed by atoms with Crippen LogP contribution in [0, 0.1) is 6.92 Å². The molecule has 1 aromatic rings. The molecule has 2 atom stereocenters. The highest BCUT2D eigenvalue weighted by Crippen LogP contribution is 2.30. The Balaban J connectivity index is 2.24. The van der Waals surface area contributed by atoms with Gasteiger partial charge >= 0.3 is 0 Å². The summed E-state index contributed by atoms with van der Waals surface area (Å²) in [6, 6.07) is 8.70. The van der Waals surface area contributed by atoms with Crippen LogP contribution in [0.5, 0.6) is 0 Å². The highest BCUT2D eigenvalue weighted by atomic mass is 16.1. The molecule has 0 aliphatic carbocycles. The van der Waals surface area contributed by atoms with Crippen molar-refractivity contribution in [2.24, 2.45) is 0 Å². The first kappa shape index (κ1) is 10.2. The summed E-state index contributed by atoms with van der Waals surface area (Å²) in [5, 5.41) is 3.02. The molecule has 1 amide bonds. The summed E-state index contributed by atoms with van der Waals surface area (Å²) in [5.74, 6) is 0.663. The van der Waals surface area contributed by atoms with Gasteiger partial charge in [-0.2, -0.15) is 0 Å². The number of nitrogens with one attached hydrogen (secondary N) is 1. The fraction of sp³-hybridized carbons (Fsp3) is 0.462. The molecule has 2 rings (SSSR count). The van der Waals surface area contributed by atoms with Gasteiger partial charge in [-0.3, -0.25) is 4.79 Å². The molecule has 1 N–H and O–H groups in total. The molecule has 1 aliphatic heterocycles. The van der Waals surface area contributed by atoms with Gasteiger partial charge in [-0.25, -0.2) is 0 Å². The van der Waals surface area contributed by atoms with Crippen molar-refractivity contribution in [1.82, 2.24) is 5.32 Å². The minimum atomic E-state index is 0.187. The van der Waals surface area contributed by atoms with Gasteiger partial charge in [-0.05, 0) is 31.4 Å². The molecule has 0 radical (unpaired) electrons. The zero-order valence-corrected chi connectivity index (χ0v) is 9.29. The van der Waals surface area contributed by atoms with Crippen LogP contribution >= 0.6 is 0 Å². The summed E-state index contributed by atoms with van der Waals surface area (Å²) < 4.78 is 0. The predicted molar refractivity (Wildman–Crippen MR) is 60.8 cm³/mol. The Labute approximate surface area is 90.7 Å². The first-order chi connectivity index (χ1) is 7.18. The molecule has 0 spiro atoms. The fourth-order valence-corrected chi connectivity index (χ4v) is 2.39. The summed E-state index contributed by atoms with van der Waals surface area (Å²) >= 11 is 0. The monoisotopic (exact) mass is 203 g/mol. The van der Waals surface area contributed by atoms with Crippen molar-refractivity contribution in [1.29, 1.82) is 0 Å². The molecule has 1 heterocycles. The van der Waals surface area contributed by atoms with Crippen molar-refractivity contribution >= 4 is 5.91 Å². The highest BCUT2D eigenvalue weighted by Gasteiger charge is 2.26. The molecule has 15 heavy (non-hydrogen) atoms. The van der Waals surface area contributed by atoms with E-state index >= 15 is 0 Å². The number of piperidine rings is 1. The van der Waals surface area contributed by atoms with E-state index in [0.29, 0.717) is 12.3 Å². The maximum absolute atomic E-state index is 11.2. The van der Waals surface area contributed by atoms with Gasteiger partial charge < -0.3 is 5.32 Å². The highest BCUT2D eigenvalue weighted by molar-refractivity contribution is 5.77. The lowest BCUT2D eigenvalue weighted by atomic mass is 9.83. The van der Waals surface area contributed by atoms with Crippen molar-refractivity contribution < 1.29 is 4.79 Å². The number of amides is 1. The number of carbonyl (C=O) groups excluding carboxylic acids is 1. The largest absolute Gasteiger partial charge is 0.353 e. The Morgan fingerprint density at radius 2 is 2.07 bits per heavy atom. The molecular formula is C13H17NO. The molecule has 1 aliphatic rings. The number of hydrogen-bond acceptors (Lipinski definition) is 1. The Bertz CT molecular complexity index is 373. The second-order valence-corrected chi connectivity index (χ2v) is 4.36. The molecule has 2 nitrogen and oxygen atoms in total. The van der Waals surface area contributed by atoms with Crippen LogP contribution in [-0.2, 0) is 4.79 Å².